The Bertz CT molecular complexity index is 277. The Balaban J connectivity index is 2.12. The SMILES string of the molecule is CC(C)COCCOc1ccc(Cl)nn1. The van der Waals surface area contributed by atoms with E-state index in [-0.39, 0.29) is 0 Å². The number of ether oxygens (including phenoxy) is 2. The summed E-state index contributed by atoms with van der Waals surface area (Å²) in [5, 5.41) is 7.77. The maximum absolute atomic E-state index is 5.58. The molecule has 0 spiro atoms. The molecular formula is C10H15ClN2O2. The first-order valence-electron chi connectivity index (χ1n) is 4.88. The van der Waals surface area contributed by atoms with Crippen LogP contribution in [0.4, 0.5) is 0 Å². The molecule has 0 bridgehead atoms. The van der Waals surface area contributed by atoms with Gasteiger partial charge in [0, 0.05) is 12.7 Å². The van der Waals surface area contributed by atoms with E-state index in [1.54, 1.807) is 12.1 Å². The summed E-state index contributed by atoms with van der Waals surface area (Å²) in [6.07, 6.45) is 0. The summed E-state index contributed by atoms with van der Waals surface area (Å²) < 4.78 is 10.6. The van der Waals surface area contributed by atoms with Crippen molar-refractivity contribution >= 4 is 11.6 Å². The van der Waals surface area contributed by atoms with Crippen molar-refractivity contribution in [3.8, 4) is 5.88 Å². The van der Waals surface area contributed by atoms with Gasteiger partial charge in [-0.15, -0.1) is 10.2 Å². The predicted molar refractivity (Wildman–Crippen MR) is 58.2 cm³/mol. The van der Waals surface area contributed by atoms with Gasteiger partial charge in [0.2, 0.25) is 5.88 Å². The summed E-state index contributed by atoms with van der Waals surface area (Å²) >= 11 is 5.58. The molecule has 4 nitrogen and oxygen atoms in total. The summed E-state index contributed by atoms with van der Waals surface area (Å²) in [6, 6.07) is 3.32. The van der Waals surface area contributed by atoms with E-state index in [1.165, 1.54) is 0 Å². The van der Waals surface area contributed by atoms with Gasteiger partial charge in [-0.3, -0.25) is 0 Å². The number of aromatic nitrogens is 2. The molecule has 0 aromatic carbocycles. The highest BCUT2D eigenvalue weighted by Gasteiger charge is 1.97. The van der Waals surface area contributed by atoms with Crippen LogP contribution < -0.4 is 4.74 Å². The minimum atomic E-state index is 0.360. The monoisotopic (exact) mass is 230 g/mol. The van der Waals surface area contributed by atoms with Crippen LogP contribution in [0.25, 0.3) is 0 Å². The number of hydrogen-bond acceptors (Lipinski definition) is 4. The lowest BCUT2D eigenvalue weighted by Gasteiger charge is -2.07. The van der Waals surface area contributed by atoms with Crippen LogP contribution in [0.3, 0.4) is 0 Å². The summed E-state index contributed by atoms with van der Waals surface area (Å²) in [5.74, 6) is 1.01. The Morgan fingerprint density at radius 1 is 1.27 bits per heavy atom. The number of hydrogen-bond donors (Lipinski definition) is 0. The maximum atomic E-state index is 5.58. The molecule has 0 aliphatic rings. The van der Waals surface area contributed by atoms with Gasteiger partial charge in [0.25, 0.3) is 0 Å². The van der Waals surface area contributed by atoms with E-state index in [1.807, 2.05) is 0 Å². The molecule has 1 aromatic rings. The Morgan fingerprint density at radius 3 is 2.67 bits per heavy atom. The van der Waals surface area contributed by atoms with E-state index in [0.29, 0.717) is 30.2 Å². The minimum Gasteiger partial charge on any atom is -0.474 e. The van der Waals surface area contributed by atoms with Gasteiger partial charge in [-0.05, 0) is 12.0 Å². The molecule has 84 valence electrons. The Hall–Kier alpha value is -0.870. The van der Waals surface area contributed by atoms with E-state index in [2.05, 4.69) is 24.0 Å². The summed E-state index contributed by atoms with van der Waals surface area (Å²) in [4.78, 5) is 0. The molecule has 0 radical (unpaired) electrons. The van der Waals surface area contributed by atoms with Gasteiger partial charge in [0.15, 0.2) is 5.15 Å². The van der Waals surface area contributed by atoms with Crippen LogP contribution in [0.15, 0.2) is 12.1 Å². The van der Waals surface area contributed by atoms with E-state index < -0.39 is 0 Å². The molecule has 0 amide bonds. The van der Waals surface area contributed by atoms with Gasteiger partial charge in [0.1, 0.15) is 6.61 Å². The molecule has 0 aliphatic heterocycles. The fourth-order valence-electron chi connectivity index (χ4n) is 0.905. The predicted octanol–water partition coefficient (Wildman–Crippen LogP) is 2.18. The largest absolute Gasteiger partial charge is 0.474 e. The van der Waals surface area contributed by atoms with Crippen LogP contribution in [-0.4, -0.2) is 30.0 Å². The second-order valence-electron chi connectivity index (χ2n) is 3.51. The third kappa shape index (κ3) is 5.54. The molecule has 0 fully saturated rings. The third-order valence-corrected chi connectivity index (χ3v) is 1.74. The molecule has 0 unspecified atom stereocenters. The molecule has 0 aliphatic carbocycles. The maximum Gasteiger partial charge on any atom is 0.233 e. The minimum absolute atomic E-state index is 0.360. The Kier molecular flexibility index (Phi) is 5.36. The molecule has 1 aromatic heterocycles. The quantitative estimate of drug-likeness (QED) is 0.703. The van der Waals surface area contributed by atoms with Crippen LogP contribution in [0.5, 0.6) is 5.88 Å². The van der Waals surface area contributed by atoms with Gasteiger partial charge in [-0.2, -0.15) is 0 Å². The molecule has 5 heteroatoms. The fourth-order valence-corrected chi connectivity index (χ4v) is 1.01. The molecule has 1 heterocycles. The number of rotatable bonds is 6. The van der Waals surface area contributed by atoms with Gasteiger partial charge >= 0.3 is 0 Å². The van der Waals surface area contributed by atoms with Crippen molar-refractivity contribution in [2.75, 3.05) is 19.8 Å². The van der Waals surface area contributed by atoms with Crippen molar-refractivity contribution in [2.24, 2.45) is 5.92 Å². The van der Waals surface area contributed by atoms with E-state index in [4.69, 9.17) is 21.1 Å². The summed E-state index contributed by atoms with van der Waals surface area (Å²) in [7, 11) is 0. The van der Waals surface area contributed by atoms with E-state index in [9.17, 15) is 0 Å². The second kappa shape index (κ2) is 6.58. The average Bonchev–Trinajstić information content (AvgIpc) is 2.20. The van der Waals surface area contributed by atoms with Gasteiger partial charge in [-0.25, -0.2) is 0 Å². The topological polar surface area (TPSA) is 44.2 Å². The lowest BCUT2D eigenvalue weighted by Crippen LogP contribution is -2.10. The molecule has 1 rings (SSSR count). The molecule has 15 heavy (non-hydrogen) atoms. The molecule has 0 saturated heterocycles. The lowest BCUT2D eigenvalue weighted by atomic mass is 10.2. The normalized spacial score (nSPS) is 10.7. The molecule has 0 N–H and O–H groups in total. The van der Waals surface area contributed by atoms with Crippen molar-refractivity contribution in [3.05, 3.63) is 17.3 Å². The fraction of sp³-hybridized carbons (Fsp3) is 0.600. The zero-order chi connectivity index (χ0) is 11.1. The average molecular weight is 231 g/mol. The van der Waals surface area contributed by atoms with Crippen molar-refractivity contribution in [3.63, 3.8) is 0 Å². The van der Waals surface area contributed by atoms with E-state index in [0.717, 1.165) is 6.61 Å². The van der Waals surface area contributed by atoms with E-state index >= 15 is 0 Å². The van der Waals surface area contributed by atoms with Gasteiger partial charge in [-0.1, -0.05) is 25.4 Å². The summed E-state index contributed by atoms with van der Waals surface area (Å²) in [5.41, 5.74) is 0. The van der Waals surface area contributed by atoms with Crippen LogP contribution in [0.2, 0.25) is 5.15 Å². The van der Waals surface area contributed by atoms with Crippen LogP contribution in [0.1, 0.15) is 13.8 Å². The Labute approximate surface area is 94.6 Å². The van der Waals surface area contributed by atoms with Crippen LogP contribution >= 0.6 is 11.6 Å². The third-order valence-electron chi connectivity index (χ3n) is 1.54. The van der Waals surface area contributed by atoms with Crippen molar-refractivity contribution in [2.45, 2.75) is 13.8 Å². The Morgan fingerprint density at radius 2 is 2.07 bits per heavy atom. The van der Waals surface area contributed by atoms with Crippen molar-refractivity contribution < 1.29 is 9.47 Å². The molecule has 0 atom stereocenters. The second-order valence-corrected chi connectivity index (χ2v) is 3.90. The molecule has 0 saturated carbocycles. The first-order valence-corrected chi connectivity index (χ1v) is 5.26. The first kappa shape index (κ1) is 12.2. The lowest BCUT2D eigenvalue weighted by molar-refractivity contribution is 0.0803. The van der Waals surface area contributed by atoms with Crippen molar-refractivity contribution in [1.82, 2.24) is 10.2 Å². The molecular weight excluding hydrogens is 216 g/mol. The van der Waals surface area contributed by atoms with Crippen LogP contribution in [-0.2, 0) is 4.74 Å². The van der Waals surface area contributed by atoms with Gasteiger partial charge in [0.05, 0.1) is 6.61 Å². The number of nitrogens with zero attached hydrogens (tertiary/aromatic N) is 2. The highest BCUT2D eigenvalue weighted by atomic mass is 35.5. The van der Waals surface area contributed by atoms with Crippen LogP contribution in [0, 0.1) is 5.92 Å². The first-order chi connectivity index (χ1) is 7.18. The zero-order valence-electron chi connectivity index (χ0n) is 8.94. The standard InChI is InChI=1S/C10H15ClN2O2/c1-8(2)7-14-5-6-15-10-4-3-9(11)12-13-10/h3-4,8H,5-7H2,1-2H3. The van der Waals surface area contributed by atoms with Crippen molar-refractivity contribution in [1.29, 1.82) is 0 Å². The van der Waals surface area contributed by atoms with Gasteiger partial charge < -0.3 is 9.47 Å². The summed E-state index contributed by atoms with van der Waals surface area (Å²) in [6.45, 7) is 5.98. The smallest absolute Gasteiger partial charge is 0.233 e. The number of halogens is 1. The highest BCUT2D eigenvalue weighted by molar-refractivity contribution is 6.29. The highest BCUT2D eigenvalue weighted by Crippen LogP contribution is 2.07. The zero-order valence-corrected chi connectivity index (χ0v) is 9.70.